The van der Waals surface area contributed by atoms with Crippen LogP contribution in [0.5, 0.6) is 0 Å². The van der Waals surface area contributed by atoms with E-state index in [-0.39, 0.29) is 18.0 Å². The van der Waals surface area contributed by atoms with Gasteiger partial charge in [0.1, 0.15) is 0 Å². The van der Waals surface area contributed by atoms with E-state index in [0.717, 1.165) is 30.8 Å². The van der Waals surface area contributed by atoms with Crippen molar-refractivity contribution in [2.75, 3.05) is 26.2 Å². The molecule has 2 aliphatic rings. The van der Waals surface area contributed by atoms with Crippen molar-refractivity contribution in [1.29, 1.82) is 0 Å². The van der Waals surface area contributed by atoms with E-state index in [1.807, 2.05) is 21.9 Å². The first-order valence-electron chi connectivity index (χ1n) is 7.71. The van der Waals surface area contributed by atoms with Gasteiger partial charge in [0.25, 0.3) is 0 Å². The predicted molar refractivity (Wildman–Crippen MR) is 87.8 cm³/mol. The molecule has 5 nitrogen and oxygen atoms in total. The van der Waals surface area contributed by atoms with Gasteiger partial charge in [0, 0.05) is 42.0 Å². The lowest BCUT2D eigenvalue weighted by atomic mass is 10.0. The van der Waals surface area contributed by atoms with Gasteiger partial charge in [0.05, 0.1) is 6.04 Å². The lowest BCUT2D eigenvalue weighted by molar-refractivity contribution is -0.127. The average molecular weight is 319 g/mol. The molecule has 2 saturated heterocycles. The molecule has 1 aromatic rings. The quantitative estimate of drug-likeness (QED) is 0.867. The van der Waals surface area contributed by atoms with Gasteiger partial charge >= 0.3 is 6.03 Å². The normalized spacial score (nSPS) is 22.4. The molecule has 0 saturated carbocycles. The second-order valence-electron chi connectivity index (χ2n) is 5.79. The summed E-state index contributed by atoms with van der Waals surface area (Å²) in [7, 11) is 0. The molecule has 2 fully saturated rings. The van der Waals surface area contributed by atoms with E-state index < -0.39 is 0 Å². The molecule has 1 atom stereocenters. The molecular formula is C16H21N3O2S. The van der Waals surface area contributed by atoms with Crippen molar-refractivity contribution in [1.82, 2.24) is 15.1 Å². The highest BCUT2D eigenvalue weighted by atomic mass is 32.1. The molecule has 0 aromatic carbocycles. The number of aryl methyl sites for hydroxylation is 1. The van der Waals surface area contributed by atoms with Crippen molar-refractivity contribution in [3.63, 3.8) is 0 Å². The highest BCUT2D eigenvalue weighted by Gasteiger charge is 2.32. The first kappa shape index (κ1) is 15.1. The minimum atomic E-state index is 0.00361. The molecule has 1 N–H and O–H groups in total. The fourth-order valence-corrected chi connectivity index (χ4v) is 3.83. The van der Waals surface area contributed by atoms with E-state index in [1.54, 1.807) is 17.4 Å². The van der Waals surface area contributed by atoms with Gasteiger partial charge in [-0.2, -0.15) is 0 Å². The van der Waals surface area contributed by atoms with Crippen molar-refractivity contribution in [3.8, 4) is 0 Å². The Bertz CT molecular complexity index is 596. The topological polar surface area (TPSA) is 52.7 Å². The number of likely N-dealkylation sites (tertiary alicyclic amines) is 1. The molecule has 0 spiro atoms. The van der Waals surface area contributed by atoms with Crippen molar-refractivity contribution in [2.24, 2.45) is 0 Å². The number of thiophene rings is 1. The van der Waals surface area contributed by atoms with Gasteiger partial charge in [-0.15, -0.1) is 11.3 Å². The van der Waals surface area contributed by atoms with Crippen LogP contribution in [0.15, 0.2) is 18.2 Å². The molecule has 3 amide bonds. The summed E-state index contributed by atoms with van der Waals surface area (Å²) < 4.78 is 0. The van der Waals surface area contributed by atoms with Crippen LogP contribution in [0.25, 0.3) is 6.08 Å². The number of carbonyl (C=O) groups excluding carboxylic acids is 2. The Morgan fingerprint density at radius 2 is 2.27 bits per heavy atom. The highest BCUT2D eigenvalue weighted by Crippen LogP contribution is 2.19. The van der Waals surface area contributed by atoms with Crippen molar-refractivity contribution < 1.29 is 9.59 Å². The Morgan fingerprint density at radius 1 is 1.41 bits per heavy atom. The predicted octanol–water partition coefficient (Wildman–Crippen LogP) is 2.09. The third kappa shape index (κ3) is 3.32. The van der Waals surface area contributed by atoms with Gasteiger partial charge in [-0.25, -0.2) is 4.79 Å². The molecule has 22 heavy (non-hydrogen) atoms. The second kappa shape index (κ2) is 6.52. The lowest BCUT2D eigenvalue weighted by Gasteiger charge is -2.36. The van der Waals surface area contributed by atoms with Gasteiger partial charge in [-0.05, 0) is 38.0 Å². The van der Waals surface area contributed by atoms with E-state index >= 15 is 0 Å². The summed E-state index contributed by atoms with van der Waals surface area (Å²) in [6, 6.07) is 4.23. The fourth-order valence-electron chi connectivity index (χ4n) is 3.05. The first-order chi connectivity index (χ1) is 10.6. The summed E-state index contributed by atoms with van der Waals surface area (Å²) in [6.45, 7) is 4.93. The molecule has 0 bridgehead atoms. The minimum absolute atomic E-state index is 0.00361. The van der Waals surface area contributed by atoms with Crippen molar-refractivity contribution >= 4 is 29.4 Å². The van der Waals surface area contributed by atoms with E-state index in [4.69, 9.17) is 0 Å². The number of hydrogen-bond donors (Lipinski definition) is 1. The zero-order chi connectivity index (χ0) is 15.5. The Morgan fingerprint density at radius 3 is 2.95 bits per heavy atom. The number of rotatable bonds is 3. The molecule has 6 heteroatoms. The number of amides is 3. The van der Waals surface area contributed by atoms with Gasteiger partial charge in [0.15, 0.2) is 0 Å². The fraction of sp³-hybridized carbons (Fsp3) is 0.500. The Hall–Kier alpha value is -1.82. The van der Waals surface area contributed by atoms with Crippen LogP contribution in [0.3, 0.4) is 0 Å². The highest BCUT2D eigenvalue weighted by molar-refractivity contribution is 7.12. The van der Waals surface area contributed by atoms with E-state index in [1.165, 1.54) is 4.88 Å². The van der Waals surface area contributed by atoms with Gasteiger partial charge in [-0.1, -0.05) is 0 Å². The molecule has 1 unspecified atom stereocenters. The van der Waals surface area contributed by atoms with Crippen LogP contribution in [0, 0.1) is 6.92 Å². The van der Waals surface area contributed by atoms with Crippen LogP contribution in [0.2, 0.25) is 0 Å². The largest absolute Gasteiger partial charge is 0.337 e. The summed E-state index contributed by atoms with van der Waals surface area (Å²) in [6.07, 6.45) is 5.46. The van der Waals surface area contributed by atoms with Crippen LogP contribution >= 0.6 is 11.3 Å². The smallest absolute Gasteiger partial charge is 0.317 e. The number of piperidine rings is 1. The SMILES string of the molecule is Cc1ccc(C=CC(=O)N2CCCC(N3CCNC3=O)C2)s1. The van der Waals surface area contributed by atoms with Crippen molar-refractivity contribution in [2.45, 2.75) is 25.8 Å². The maximum absolute atomic E-state index is 12.3. The van der Waals surface area contributed by atoms with Gasteiger partial charge in [0.2, 0.25) is 5.91 Å². The summed E-state index contributed by atoms with van der Waals surface area (Å²) in [5.41, 5.74) is 0. The van der Waals surface area contributed by atoms with Gasteiger partial charge in [-0.3, -0.25) is 4.79 Å². The average Bonchev–Trinajstić information content (AvgIpc) is 3.13. The number of nitrogens with zero attached hydrogens (tertiary/aromatic N) is 2. The molecule has 3 rings (SSSR count). The van der Waals surface area contributed by atoms with Crippen molar-refractivity contribution in [3.05, 3.63) is 28.0 Å². The number of urea groups is 1. The zero-order valence-corrected chi connectivity index (χ0v) is 13.6. The third-order valence-corrected chi connectivity index (χ3v) is 5.16. The maximum atomic E-state index is 12.3. The first-order valence-corrected chi connectivity index (χ1v) is 8.53. The van der Waals surface area contributed by atoms with Crippen LogP contribution in [-0.2, 0) is 4.79 Å². The van der Waals surface area contributed by atoms with Crippen LogP contribution in [-0.4, -0.2) is 54.0 Å². The van der Waals surface area contributed by atoms with Crippen LogP contribution < -0.4 is 5.32 Å². The minimum Gasteiger partial charge on any atom is -0.337 e. The molecule has 118 valence electrons. The van der Waals surface area contributed by atoms with Crippen LogP contribution in [0.4, 0.5) is 4.79 Å². The van der Waals surface area contributed by atoms with E-state index in [2.05, 4.69) is 18.3 Å². The zero-order valence-electron chi connectivity index (χ0n) is 12.7. The standard InChI is InChI=1S/C16H21N3O2S/c1-12-4-5-14(22-12)6-7-15(20)18-9-2-3-13(11-18)19-10-8-17-16(19)21/h4-7,13H,2-3,8-11H2,1H3,(H,17,21). The number of hydrogen-bond acceptors (Lipinski definition) is 3. The summed E-state index contributed by atoms with van der Waals surface area (Å²) in [4.78, 5) is 30.2. The van der Waals surface area contributed by atoms with Gasteiger partial charge < -0.3 is 15.1 Å². The summed E-state index contributed by atoms with van der Waals surface area (Å²) in [5.74, 6) is 0.0374. The molecule has 0 radical (unpaired) electrons. The summed E-state index contributed by atoms with van der Waals surface area (Å²) >= 11 is 1.68. The lowest BCUT2D eigenvalue weighted by Crippen LogP contribution is -2.50. The second-order valence-corrected chi connectivity index (χ2v) is 7.11. The maximum Gasteiger partial charge on any atom is 0.317 e. The van der Waals surface area contributed by atoms with Crippen LogP contribution in [0.1, 0.15) is 22.6 Å². The molecule has 1 aromatic heterocycles. The molecule has 0 aliphatic carbocycles. The third-order valence-electron chi connectivity index (χ3n) is 4.19. The molecular weight excluding hydrogens is 298 g/mol. The number of nitrogens with one attached hydrogen (secondary N) is 1. The number of carbonyl (C=O) groups is 2. The van der Waals surface area contributed by atoms with E-state index in [9.17, 15) is 9.59 Å². The molecule has 3 heterocycles. The van der Waals surface area contributed by atoms with E-state index in [0.29, 0.717) is 13.1 Å². The Balaban J connectivity index is 1.60. The molecule has 2 aliphatic heterocycles. The Labute approximate surface area is 134 Å². The summed E-state index contributed by atoms with van der Waals surface area (Å²) in [5, 5.41) is 2.83. The monoisotopic (exact) mass is 319 g/mol. The Kier molecular flexibility index (Phi) is 4.47.